The molecule has 250 valence electrons. The predicted molar refractivity (Wildman–Crippen MR) is 219 cm³/mol. The van der Waals surface area contributed by atoms with E-state index in [0.717, 1.165) is 109 Å². The highest BCUT2D eigenvalue weighted by molar-refractivity contribution is 6.37. The van der Waals surface area contributed by atoms with Crippen LogP contribution in [0.4, 0.5) is 0 Å². The van der Waals surface area contributed by atoms with Crippen LogP contribution in [0, 0.1) is 0 Å². The van der Waals surface area contributed by atoms with Crippen molar-refractivity contribution in [3.8, 4) is 17.2 Å². The Morgan fingerprint density at radius 2 is 1.02 bits per heavy atom. The standard InChI is InChI=1S/C48H25N3O3/c1-2-12-28-26(11-1)21-23-35-41(28)42-31-15-4-3-14-30(31)40-32-16-6-9-19-37(32)53-46(40)45(42)51(35)48-49-43(47-44(50-48)33-17-7-10-20-38(33)54-47)27-22-24-39-34(25-27)29-13-5-8-18-36(29)52-39/h1-25H. The van der Waals surface area contributed by atoms with Gasteiger partial charge in [0.25, 0.3) is 0 Å². The molecular weight excluding hydrogens is 667 g/mol. The van der Waals surface area contributed by atoms with E-state index >= 15 is 0 Å². The minimum Gasteiger partial charge on any atom is -0.456 e. The van der Waals surface area contributed by atoms with Crippen molar-refractivity contribution in [1.82, 2.24) is 14.5 Å². The number of hydrogen-bond donors (Lipinski definition) is 0. The Kier molecular flexibility index (Phi) is 5.28. The molecule has 13 aromatic rings. The molecule has 5 aromatic heterocycles. The largest absolute Gasteiger partial charge is 0.456 e. The first-order chi connectivity index (χ1) is 26.8. The molecule has 0 saturated carbocycles. The van der Waals surface area contributed by atoms with Crippen molar-refractivity contribution < 1.29 is 13.3 Å². The quantitative estimate of drug-likeness (QED) is 0.180. The molecule has 13 rings (SSSR count). The maximum absolute atomic E-state index is 6.91. The van der Waals surface area contributed by atoms with Crippen molar-refractivity contribution in [3.63, 3.8) is 0 Å². The smallest absolute Gasteiger partial charge is 0.236 e. The SMILES string of the molecule is c1ccc2c(c1)ccc1c2c2c3ccccc3c3c4ccccc4oc3c2n1-c1nc(-c2ccc3oc4ccccc4c3c2)c2oc3ccccc3c2n1. The fourth-order valence-electron chi connectivity index (χ4n) is 8.89. The first-order valence-electron chi connectivity index (χ1n) is 18.1. The van der Waals surface area contributed by atoms with Crippen LogP contribution in [-0.4, -0.2) is 14.5 Å². The average molecular weight is 692 g/mol. The molecule has 0 amide bonds. The fraction of sp³-hybridized carbons (Fsp3) is 0. The Bertz CT molecular complexity index is 3750. The number of rotatable bonds is 2. The van der Waals surface area contributed by atoms with E-state index in [4.69, 9.17) is 23.2 Å². The Morgan fingerprint density at radius 1 is 0.407 bits per heavy atom. The summed E-state index contributed by atoms with van der Waals surface area (Å²) in [4.78, 5) is 10.9. The molecule has 0 saturated heterocycles. The third kappa shape index (κ3) is 3.59. The van der Waals surface area contributed by atoms with Gasteiger partial charge in [-0.05, 0) is 70.1 Å². The second-order valence-electron chi connectivity index (χ2n) is 14.0. The van der Waals surface area contributed by atoms with Gasteiger partial charge in [0.05, 0.1) is 5.52 Å². The highest BCUT2D eigenvalue weighted by Crippen LogP contribution is 2.47. The van der Waals surface area contributed by atoms with Gasteiger partial charge < -0.3 is 13.3 Å². The minimum atomic E-state index is 0.536. The molecule has 0 aliphatic heterocycles. The van der Waals surface area contributed by atoms with E-state index in [9.17, 15) is 0 Å². The molecule has 0 fully saturated rings. The predicted octanol–water partition coefficient (Wildman–Crippen LogP) is 13.2. The summed E-state index contributed by atoms with van der Waals surface area (Å²) in [6, 6.07) is 52.4. The van der Waals surface area contributed by atoms with Crippen LogP contribution in [0.25, 0.3) is 127 Å². The zero-order chi connectivity index (χ0) is 35.1. The lowest BCUT2D eigenvalue weighted by Gasteiger charge is -2.10. The van der Waals surface area contributed by atoms with E-state index in [1.807, 2.05) is 54.6 Å². The Balaban J connectivity index is 1.25. The van der Waals surface area contributed by atoms with Crippen molar-refractivity contribution in [3.05, 3.63) is 152 Å². The number of aromatic nitrogens is 3. The lowest BCUT2D eigenvalue weighted by Crippen LogP contribution is -2.03. The number of fused-ring (bicyclic) bond motifs is 18. The lowest BCUT2D eigenvalue weighted by molar-refractivity contribution is 0.665. The number of benzene rings is 8. The van der Waals surface area contributed by atoms with E-state index in [2.05, 4.69) is 102 Å². The molecule has 0 N–H and O–H groups in total. The summed E-state index contributed by atoms with van der Waals surface area (Å²) in [5, 5.41) is 12.0. The van der Waals surface area contributed by atoms with E-state index in [-0.39, 0.29) is 0 Å². The van der Waals surface area contributed by atoms with Crippen LogP contribution in [0.5, 0.6) is 0 Å². The Hall–Kier alpha value is -7.44. The molecule has 0 aliphatic rings. The maximum Gasteiger partial charge on any atom is 0.236 e. The molecule has 6 heteroatoms. The molecule has 0 aliphatic carbocycles. The van der Waals surface area contributed by atoms with Crippen molar-refractivity contribution in [2.45, 2.75) is 0 Å². The van der Waals surface area contributed by atoms with Crippen LogP contribution in [0.2, 0.25) is 0 Å². The van der Waals surface area contributed by atoms with Gasteiger partial charge in [0.2, 0.25) is 5.95 Å². The summed E-state index contributed by atoms with van der Waals surface area (Å²) in [7, 11) is 0. The lowest BCUT2D eigenvalue weighted by atomic mass is 9.97. The molecule has 0 bridgehead atoms. The minimum absolute atomic E-state index is 0.536. The summed E-state index contributed by atoms with van der Waals surface area (Å²) in [6.45, 7) is 0. The maximum atomic E-state index is 6.91. The van der Waals surface area contributed by atoms with E-state index < -0.39 is 0 Å². The van der Waals surface area contributed by atoms with Gasteiger partial charge in [-0.25, -0.2) is 9.97 Å². The van der Waals surface area contributed by atoms with E-state index in [0.29, 0.717) is 17.2 Å². The van der Waals surface area contributed by atoms with Gasteiger partial charge in [-0.15, -0.1) is 0 Å². The van der Waals surface area contributed by atoms with Gasteiger partial charge in [-0.1, -0.05) is 103 Å². The van der Waals surface area contributed by atoms with Crippen molar-refractivity contribution in [2.24, 2.45) is 0 Å². The van der Waals surface area contributed by atoms with Gasteiger partial charge in [0.1, 0.15) is 39.1 Å². The first kappa shape index (κ1) is 28.2. The van der Waals surface area contributed by atoms with Crippen LogP contribution in [0.15, 0.2) is 165 Å². The molecule has 8 aromatic carbocycles. The zero-order valence-electron chi connectivity index (χ0n) is 28.5. The zero-order valence-corrected chi connectivity index (χ0v) is 28.5. The molecule has 6 nitrogen and oxygen atoms in total. The molecular formula is C48H25N3O3. The Morgan fingerprint density at radius 3 is 1.83 bits per heavy atom. The van der Waals surface area contributed by atoms with Crippen molar-refractivity contribution in [1.29, 1.82) is 0 Å². The molecule has 0 unspecified atom stereocenters. The van der Waals surface area contributed by atoms with E-state index in [1.54, 1.807) is 0 Å². The van der Waals surface area contributed by atoms with E-state index in [1.165, 1.54) is 0 Å². The fourth-order valence-corrected chi connectivity index (χ4v) is 8.89. The number of furan rings is 3. The van der Waals surface area contributed by atoms with Gasteiger partial charge in [0.15, 0.2) is 11.2 Å². The summed E-state index contributed by atoms with van der Waals surface area (Å²) in [5.74, 6) is 0.536. The third-order valence-electron chi connectivity index (χ3n) is 11.2. The second kappa shape index (κ2) is 10.1. The highest BCUT2D eigenvalue weighted by atomic mass is 16.3. The molecule has 54 heavy (non-hydrogen) atoms. The summed E-state index contributed by atoms with van der Waals surface area (Å²) in [5.41, 5.74) is 9.00. The van der Waals surface area contributed by atoms with Gasteiger partial charge in [-0.2, -0.15) is 0 Å². The summed E-state index contributed by atoms with van der Waals surface area (Å²) in [6.07, 6.45) is 0. The van der Waals surface area contributed by atoms with Crippen LogP contribution in [0.1, 0.15) is 0 Å². The second-order valence-corrected chi connectivity index (χ2v) is 14.0. The number of nitrogens with zero attached hydrogens (tertiary/aromatic N) is 3. The summed E-state index contributed by atoms with van der Waals surface area (Å²) >= 11 is 0. The first-order valence-corrected chi connectivity index (χ1v) is 18.1. The van der Waals surface area contributed by atoms with Gasteiger partial charge in [-0.3, -0.25) is 4.57 Å². The van der Waals surface area contributed by atoms with Crippen LogP contribution >= 0.6 is 0 Å². The van der Waals surface area contributed by atoms with Crippen molar-refractivity contribution >= 4 is 109 Å². The molecule has 5 heterocycles. The van der Waals surface area contributed by atoms with Crippen LogP contribution < -0.4 is 0 Å². The monoisotopic (exact) mass is 691 g/mol. The third-order valence-corrected chi connectivity index (χ3v) is 11.2. The molecule has 0 radical (unpaired) electrons. The normalized spacial score (nSPS) is 12.4. The summed E-state index contributed by atoms with van der Waals surface area (Å²) < 4.78 is 22.0. The topological polar surface area (TPSA) is 70.1 Å². The number of para-hydroxylation sites is 3. The highest BCUT2D eigenvalue weighted by Gasteiger charge is 2.27. The number of hydrogen-bond acceptors (Lipinski definition) is 5. The molecule has 0 spiro atoms. The molecule has 0 atom stereocenters. The average Bonchev–Trinajstić information content (AvgIpc) is 3.99. The van der Waals surface area contributed by atoms with Gasteiger partial charge >= 0.3 is 0 Å². The van der Waals surface area contributed by atoms with Gasteiger partial charge in [0, 0.05) is 43.3 Å². The Labute approximate surface area is 305 Å². The van der Waals surface area contributed by atoms with Crippen LogP contribution in [0.3, 0.4) is 0 Å². The van der Waals surface area contributed by atoms with Crippen LogP contribution in [-0.2, 0) is 0 Å². The van der Waals surface area contributed by atoms with Crippen molar-refractivity contribution in [2.75, 3.05) is 0 Å².